The van der Waals surface area contributed by atoms with Gasteiger partial charge in [0.15, 0.2) is 0 Å². The lowest BCUT2D eigenvalue weighted by Crippen LogP contribution is -2.40. The second-order valence-corrected chi connectivity index (χ2v) is 6.44. The molecule has 1 saturated heterocycles. The number of thioether (sulfide) groups is 1. The molecular formula is C12H27N3S. The van der Waals surface area contributed by atoms with Crippen LogP contribution < -0.4 is 5.32 Å². The van der Waals surface area contributed by atoms with Gasteiger partial charge in [-0.2, -0.15) is 11.8 Å². The quantitative estimate of drug-likeness (QED) is 0.673. The van der Waals surface area contributed by atoms with Crippen LogP contribution in [0.25, 0.3) is 0 Å². The topological polar surface area (TPSA) is 18.5 Å². The first-order valence-electron chi connectivity index (χ1n) is 6.38. The lowest BCUT2D eigenvalue weighted by atomic mass is 10.3. The SMILES string of the molecule is CC1CN(CCNCCCN(C)C)CCS1. The molecule has 0 aromatic heterocycles. The highest BCUT2D eigenvalue weighted by Gasteiger charge is 2.15. The second-order valence-electron chi connectivity index (χ2n) is 4.89. The molecule has 1 rings (SSSR count). The van der Waals surface area contributed by atoms with Gasteiger partial charge in [-0.25, -0.2) is 0 Å². The Morgan fingerprint density at radius 1 is 1.38 bits per heavy atom. The van der Waals surface area contributed by atoms with Crippen molar-refractivity contribution in [2.75, 3.05) is 59.1 Å². The van der Waals surface area contributed by atoms with Crippen LogP contribution in [-0.2, 0) is 0 Å². The second kappa shape index (κ2) is 8.34. The Bertz CT molecular complexity index is 176. The van der Waals surface area contributed by atoms with Crippen LogP contribution in [0.15, 0.2) is 0 Å². The minimum atomic E-state index is 0.822. The maximum Gasteiger partial charge on any atom is 0.0147 e. The molecule has 1 N–H and O–H groups in total. The van der Waals surface area contributed by atoms with Gasteiger partial charge in [0.05, 0.1) is 0 Å². The van der Waals surface area contributed by atoms with Gasteiger partial charge in [0.25, 0.3) is 0 Å². The van der Waals surface area contributed by atoms with Crippen molar-refractivity contribution in [2.45, 2.75) is 18.6 Å². The highest BCUT2D eigenvalue weighted by molar-refractivity contribution is 7.99. The monoisotopic (exact) mass is 245 g/mol. The third-order valence-electron chi connectivity index (χ3n) is 2.89. The molecule has 0 aromatic rings. The first-order chi connectivity index (χ1) is 7.68. The lowest BCUT2D eigenvalue weighted by molar-refractivity contribution is 0.284. The summed E-state index contributed by atoms with van der Waals surface area (Å²) >= 11 is 2.10. The van der Waals surface area contributed by atoms with Crippen molar-refractivity contribution in [1.82, 2.24) is 15.1 Å². The molecule has 0 bridgehead atoms. The summed E-state index contributed by atoms with van der Waals surface area (Å²) in [6.45, 7) is 9.57. The van der Waals surface area contributed by atoms with Crippen LogP contribution in [0, 0.1) is 0 Å². The number of rotatable bonds is 7. The number of nitrogens with zero attached hydrogens (tertiary/aromatic N) is 2. The maximum atomic E-state index is 3.53. The van der Waals surface area contributed by atoms with Crippen LogP contribution in [0.2, 0.25) is 0 Å². The molecule has 3 nitrogen and oxygen atoms in total. The molecule has 16 heavy (non-hydrogen) atoms. The minimum Gasteiger partial charge on any atom is -0.315 e. The van der Waals surface area contributed by atoms with E-state index in [1.807, 2.05) is 0 Å². The summed E-state index contributed by atoms with van der Waals surface area (Å²) in [5, 5.41) is 4.35. The van der Waals surface area contributed by atoms with E-state index in [0.29, 0.717) is 0 Å². The zero-order chi connectivity index (χ0) is 11.8. The molecule has 0 saturated carbocycles. The lowest BCUT2D eigenvalue weighted by Gasteiger charge is -2.30. The van der Waals surface area contributed by atoms with Gasteiger partial charge >= 0.3 is 0 Å². The normalized spacial score (nSPS) is 22.9. The van der Waals surface area contributed by atoms with E-state index in [0.717, 1.165) is 18.3 Å². The standard InChI is InChI=1S/C12H27N3S/c1-12-11-15(9-10-16-12)8-6-13-5-4-7-14(2)3/h12-13H,4-11H2,1-3H3. The van der Waals surface area contributed by atoms with E-state index in [9.17, 15) is 0 Å². The smallest absolute Gasteiger partial charge is 0.0147 e. The summed E-state index contributed by atoms with van der Waals surface area (Å²) in [7, 11) is 4.26. The number of hydrogen-bond acceptors (Lipinski definition) is 4. The van der Waals surface area contributed by atoms with Crippen molar-refractivity contribution in [3.8, 4) is 0 Å². The van der Waals surface area contributed by atoms with Gasteiger partial charge < -0.3 is 15.1 Å². The van der Waals surface area contributed by atoms with Crippen LogP contribution in [0.4, 0.5) is 0 Å². The number of hydrogen-bond donors (Lipinski definition) is 1. The summed E-state index contributed by atoms with van der Waals surface area (Å²) in [6.07, 6.45) is 1.25. The third kappa shape index (κ3) is 6.74. The molecule has 1 fully saturated rings. The van der Waals surface area contributed by atoms with Crippen LogP contribution in [0.3, 0.4) is 0 Å². The Labute approximate surface area is 105 Å². The average molecular weight is 245 g/mol. The molecule has 0 amide bonds. The average Bonchev–Trinajstić information content (AvgIpc) is 2.23. The van der Waals surface area contributed by atoms with Crippen molar-refractivity contribution in [1.29, 1.82) is 0 Å². The molecule has 1 heterocycles. The van der Waals surface area contributed by atoms with Crippen LogP contribution >= 0.6 is 11.8 Å². The van der Waals surface area contributed by atoms with E-state index in [4.69, 9.17) is 0 Å². The van der Waals surface area contributed by atoms with Crippen molar-refractivity contribution < 1.29 is 0 Å². The Balaban J connectivity index is 1.90. The van der Waals surface area contributed by atoms with Crippen LogP contribution in [0.1, 0.15) is 13.3 Å². The first-order valence-corrected chi connectivity index (χ1v) is 7.43. The fourth-order valence-electron chi connectivity index (χ4n) is 1.98. The van der Waals surface area contributed by atoms with E-state index in [1.54, 1.807) is 0 Å². The highest BCUT2D eigenvalue weighted by Crippen LogP contribution is 2.16. The van der Waals surface area contributed by atoms with Gasteiger partial charge in [-0.1, -0.05) is 6.92 Å². The van der Waals surface area contributed by atoms with Crippen molar-refractivity contribution in [3.63, 3.8) is 0 Å². The summed E-state index contributed by atoms with van der Waals surface area (Å²) in [6, 6.07) is 0. The van der Waals surface area contributed by atoms with Gasteiger partial charge in [-0.3, -0.25) is 0 Å². The van der Waals surface area contributed by atoms with Gasteiger partial charge in [-0.15, -0.1) is 0 Å². The van der Waals surface area contributed by atoms with E-state index >= 15 is 0 Å². The molecule has 1 aliphatic rings. The third-order valence-corrected chi connectivity index (χ3v) is 4.03. The van der Waals surface area contributed by atoms with E-state index in [-0.39, 0.29) is 0 Å². The van der Waals surface area contributed by atoms with Gasteiger partial charge in [0, 0.05) is 37.2 Å². The Hall–Kier alpha value is 0.230. The largest absolute Gasteiger partial charge is 0.315 e. The summed E-state index contributed by atoms with van der Waals surface area (Å²) in [5.41, 5.74) is 0. The molecule has 0 aromatic carbocycles. The fourth-order valence-corrected chi connectivity index (χ4v) is 3.06. The van der Waals surface area contributed by atoms with E-state index in [1.165, 1.54) is 38.4 Å². The first kappa shape index (κ1) is 14.3. The highest BCUT2D eigenvalue weighted by atomic mass is 32.2. The number of nitrogens with one attached hydrogen (secondary N) is 1. The summed E-state index contributed by atoms with van der Waals surface area (Å²) < 4.78 is 0. The van der Waals surface area contributed by atoms with Crippen molar-refractivity contribution in [2.24, 2.45) is 0 Å². The van der Waals surface area contributed by atoms with Gasteiger partial charge in [0.1, 0.15) is 0 Å². The van der Waals surface area contributed by atoms with Gasteiger partial charge in [-0.05, 0) is 33.6 Å². The Kier molecular flexibility index (Phi) is 7.45. The minimum absolute atomic E-state index is 0.822. The van der Waals surface area contributed by atoms with Gasteiger partial charge in [0.2, 0.25) is 0 Å². The fraction of sp³-hybridized carbons (Fsp3) is 1.00. The molecule has 4 heteroatoms. The molecule has 0 spiro atoms. The van der Waals surface area contributed by atoms with Crippen molar-refractivity contribution in [3.05, 3.63) is 0 Å². The van der Waals surface area contributed by atoms with Crippen molar-refractivity contribution >= 4 is 11.8 Å². The zero-order valence-corrected chi connectivity index (χ0v) is 11.9. The molecule has 1 unspecified atom stereocenters. The molecule has 0 aliphatic carbocycles. The molecule has 1 atom stereocenters. The van der Waals surface area contributed by atoms with E-state index in [2.05, 4.69) is 47.9 Å². The van der Waals surface area contributed by atoms with Crippen LogP contribution in [0.5, 0.6) is 0 Å². The predicted molar refractivity (Wildman–Crippen MR) is 74.4 cm³/mol. The Morgan fingerprint density at radius 2 is 2.19 bits per heavy atom. The molecule has 0 radical (unpaired) electrons. The van der Waals surface area contributed by atoms with E-state index < -0.39 is 0 Å². The predicted octanol–water partition coefficient (Wildman–Crippen LogP) is 0.965. The molecular weight excluding hydrogens is 218 g/mol. The Morgan fingerprint density at radius 3 is 2.88 bits per heavy atom. The summed E-state index contributed by atoms with van der Waals surface area (Å²) in [4.78, 5) is 4.82. The zero-order valence-electron chi connectivity index (χ0n) is 11.0. The van der Waals surface area contributed by atoms with Crippen LogP contribution in [-0.4, -0.2) is 74.2 Å². The maximum absolute atomic E-state index is 3.53. The summed E-state index contributed by atoms with van der Waals surface area (Å²) in [5.74, 6) is 1.31. The molecule has 96 valence electrons. The molecule has 1 aliphatic heterocycles.